The van der Waals surface area contributed by atoms with Crippen LogP contribution in [0.2, 0.25) is 0 Å². The molecule has 0 saturated carbocycles. The Morgan fingerprint density at radius 3 is 2.50 bits per heavy atom. The number of amides is 1. The molecule has 0 spiro atoms. The zero-order valence-corrected chi connectivity index (χ0v) is 16.4. The van der Waals surface area contributed by atoms with Gasteiger partial charge in [-0.2, -0.15) is 0 Å². The van der Waals surface area contributed by atoms with Gasteiger partial charge in [-0.15, -0.1) is 0 Å². The summed E-state index contributed by atoms with van der Waals surface area (Å²) in [6.07, 6.45) is 1.63. The fourth-order valence-corrected chi connectivity index (χ4v) is 3.69. The Kier molecular flexibility index (Phi) is 5.99. The maximum Gasteiger partial charge on any atom is 0.328 e. The highest BCUT2D eigenvalue weighted by Crippen LogP contribution is 2.31. The van der Waals surface area contributed by atoms with Crippen LogP contribution in [0.25, 0.3) is 0 Å². The normalized spacial score (nSPS) is 19.2. The number of methoxy groups -OCH3 is 1. The number of aromatic amines is 1. The highest BCUT2D eigenvalue weighted by molar-refractivity contribution is 5.76. The number of H-pyrrole nitrogens is 1. The second kappa shape index (κ2) is 8.43. The van der Waals surface area contributed by atoms with Crippen molar-refractivity contribution in [2.24, 2.45) is 0 Å². The van der Waals surface area contributed by atoms with Gasteiger partial charge in [0.25, 0.3) is 5.56 Å². The number of carbonyl (C=O) groups is 1. The summed E-state index contributed by atoms with van der Waals surface area (Å²) in [7, 11) is 5.69. The Hall–Kier alpha value is -2.87. The van der Waals surface area contributed by atoms with E-state index >= 15 is 0 Å². The van der Waals surface area contributed by atoms with Crippen molar-refractivity contribution in [1.82, 2.24) is 19.4 Å². The van der Waals surface area contributed by atoms with E-state index < -0.39 is 11.2 Å². The molecule has 3 rings (SSSR count). The molecule has 8 heteroatoms. The number of rotatable bonds is 6. The minimum Gasteiger partial charge on any atom is -0.497 e. The van der Waals surface area contributed by atoms with Gasteiger partial charge in [-0.3, -0.25) is 14.6 Å². The van der Waals surface area contributed by atoms with Crippen molar-refractivity contribution in [3.8, 4) is 5.75 Å². The molecule has 2 heterocycles. The van der Waals surface area contributed by atoms with Gasteiger partial charge in [0, 0.05) is 50.3 Å². The molecule has 0 aliphatic carbocycles. The molecular weight excluding hydrogens is 360 g/mol. The Balaban J connectivity index is 1.69. The first-order valence-corrected chi connectivity index (χ1v) is 9.27. The molecule has 1 aromatic carbocycles. The molecule has 1 aliphatic rings. The topological polar surface area (TPSA) is 87.6 Å². The quantitative estimate of drug-likeness (QED) is 0.781. The lowest BCUT2D eigenvalue weighted by Gasteiger charge is -2.25. The van der Waals surface area contributed by atoms with Gasteiger partial charge in [-0.05, 0) is 31.8 Å². The second-order valence-corrected chi connectivity index (χ2v) is 7.26. The Bertz CT molecular complexity index is 932. The first-order chi connectivity index (χ1) is 13.4. The fraction of sp³-hybridized carbons (Fsp3) is 0.450. The monoisotopic (exact) mass is 386 g/mol. The maximum atomic E-state index is 12.7. The Morgan fingerprint density at radius 1 is 1.18 bits per heavy atom. The summed E-state index contributed by atoms with van der Waals surface area (Å²) in [6.45, 7) is 1.52. The maximum absolute atomic E-state index is 12.7. The number of aromatic nitrogens is 2. The van der Waals surface area contributed by atoms with Gasteiger partial charge in [0.05, 0.1) is 7.11 Å². The lowest BCUT2D eigenvalue weighted by Crippen LogP contribution is -2.36. The van der Waals surface area contributed by atoms with E-state index in [4.69, 9.17) is 4.74 Å². The Morgan fingerprint density at radius 2 is 1.89 bits per heavy atom. The van der Waals surface area contributed by atoms with Gasteiger partial charge in [0.2, 0.25) is 5.91 Å². The number of hydrogen-bond acceptors (Lipinski definition) is 5. The van der Waals surface area contributed by atoms with E-state index in [1.807, 2.05) is 43.3 Å². The summed E-state index contributed by atoms with van der Waals surface area (Å²) in [4.78, 5) is 41.9. The van der Waals surface area contributed by atoms with Crippen LogP contribution in [0.15, 0.2) is 46.1 Å². The van der Waals surface area contributed by atoms with Crippen molar-refractivity contribution >= 4 is 5.91 Å². The van der Waals surface area contributed by atoms with Gasteiger partial charge < -0.3 is 19.1 Å². The third kappa shape index (κ3) is 4.33. The number of benzene rings is 1. The summed E-state index contributed by atoms with van der Waals surface area (Å²) in [5.74, 6) is 1.02. The number of hydrogen-bond donors (Lipinski definition) is 1. The highest BCUT2D eigenvalue weighted by atomic mass is 16.5. The van der Waals surface area contributed by atoms with Crippen molar-refractivity contribution in [2.45, 2.75) is 24.9 Å². The predicted molar refractivity (Wildman–Crippen MR) is 106 cm³/mol. The average Bonchev–Trinajstić information content (AvgIpc) is 3.13. The molecule has 2 aromatic rings. The minimum absolute atomic E-state index is 0.000890. The van der Waals surface area contributed by atoms with Crippen LogP contribution in [0.3, 0.4) is 0 Å². The molecule has 28 heavy (non-hydrogen) atoms. The number of carbonyl (C=O) groups excluding carboxylic acids is 1. The van der Waals surface area contributed by atoms with Crippen LogP contribution in [-0.2, 0) is 11.3 Å². The van der Waals surface area contributed by atoms with E-state index in [-0.39, 0.29) is 30.8 Å². The lowest BCUT2D eigenvalue weighted by atomic mass is 9.93. The zero-order chi connectivity index (χ0) is 20.3. The lowest BCUT2D eigenvalue weighted by molar-refractivity contribution is -0.130. The molecule has 1 fully saturated rings. The van der Waals surface area contributed by atoms with Crippen molar-refractivity contribution in [1.29, 1.82) is 0 Å². The number of likely N-dealkylation sites (N-methyl/N-ethyl adjacent to an activating group) is 1. The van der Waals surface area contributed by atoms with Crippen LogP contribution in [0, 0.1) is 0 Å². The molecule has 1 aliphatic heterocycles. The molecule has 150 valence electrons. The van der Waals surface area contributed by atoms with Gasteiger partial charge >= 0.3 is 5.69 Å². The smallest absolute Gasteiger partial charge is 0.328 e. The van der Waals surface area contributed by atoms with Crippen LogP contribution >= 0.6 is 0 Å². The first kappa shape index (κ1) is 19.9. The van der Waals surface area contributed by atoms with Crippen LogP contribution in [0.5, 0.6) is 5.75 Å². The van der Waals surface area contributed by atoms with E-state index in [2.05, 4.69) is 9.88 Å². The summed E-state index contributed by atoms with van der Waals surface area (Å²) >= 11 is 0. The van der Waals surface area contributed by atoms with Gasteiger partial charge in [-0.1, -0.05) is 12.1 Å². The minimum atomic E-state index is -0.496. The van der Waals surface area contributed by atoms with E-state index in [0.29, 0.717) is 13.1 Å². The predicted octanol–water partition coefficient (Wildman–Crippen LogP) is 0.492. The Labute approximate surface area is 163 Å². The van der Waals surface area contributed by atoms with E-state index in [1.54, 1.807) is 7.11 Å². The number of likely N-dealkylation sites (tertiary alicyclic amines) is 1. The van der Waals surface area contributed by atoms with Crippen molar-refractivity contribution < 1.29 is 9.53 Å². The number of ether oxygens (including phenoxy) is 1. The van der Waals surface area contributed by atoms with Crippen LogP contribution < -0.4 is 16.0 Å². The molecular formula is C20H26N4O4. The fourth-order valence-electron chi connectivity index (χ4n) is 3.69. The number of nitrogens with zero attached hydrogens (tertiary/aromatic N) is 3. The van der Waals surface area contributed by atoms with Gasteiger partial charge in [-0.25, -0.2) is 4.79 Å². The van der Waals surface area contributed by atoms with Crippen molar-refractivity contribution in [3.63, 3.8) is 0 Å². The largest absolute Gasteiger partial charge is 0.497 e. The highest BCUT2D eigenvalue weighted by Gasteiger charge is 2.37. The molecule has 1 saturated heterocycles. The van der Waals surface area contributed by atoms with Crippen molar-refractivity contribution in [3.05, 3.63) is 62.9 Å². The van der Waals surface area contributed by atoms with E-state index in [0.717, 1.165) is 5.75 Å². The summed E-state index contributed by atoms with van der Waals surface area (Å²) in [5, 5.41) is 0. The summed E-state index contributed by atoms with van der Waals surface area (Å²) < 4.78 is 6.58. The van der Waals surface area contributed by atoms with E-state index in [9.17, 15) is 14.4 Å². The van der Waals surface area contributed by atoms with Crippen LogP contribution in [-0.4, -0.2) is 65.6 Å². The van der Waals surface area contributed by atoms with Crippen molar-refractivity contribution in [2.75, 3.05) is 34.3 Å². The SMILES string of the molecule is COc1ccc([C@@H]2CN(C(=O)CCn3ccc(=O)[nH]c3=O)C[C@H]2N(C)C)cc1. The molecule has 1 amide bonds. The van der Waals surface area contributed by atoms with Crippen LogP contribution in [0.4, 0.5) is 0 Å². The summed E-state index contributed by atoms with van der Waals surface area (Å²) in [5.41, 5.74) is 0.235. The van der Waals surface area contributed by atoms with Gasteiger partial charge in [0.15, 0.2) is 0 Å². The second-order valence-electron chi connectivity index (χ2n) is 7.26. The van der Waals surface area contributed by atoms with E-state index in [1.165, 1.54) is 22.4 Å². The van der Waals surface area contributed by atoms with Crippen LogP contribution in [0.1, 0.15) is 17.9 Å². The van der Waals surface area contributed by atoms with Gasteiger partial charge in [0.1, 0.15) is 5.75 Å². The zero-order valence-electron chi connectivity index (χ0n) is 16.4. The average molecular weight is 386 g/mol. The third-order valence-corrected chi connectivity index (χ3v) is 5.31. The molecule has 2 atom stereocenters. The molecule has 1 aromatic heterocycles. The summed E-state index contributed by atoms with van der Waals surface area (Å²) in [6, 6.07) is 9.48. The molecule has 0 unspecified atom stereocenters. The first-order valence-electron chi connectivity index (χ1n) is 9.27. The third-order valence-electron chi connectivity index (χ3n) is 5.31. The molecule has 8 nitrogen and oxygen atoms in total. The molecule has 0 bridgehead atoms. The number of aryl methyl sites for hydroxylation is 1. The molecule has 0 radical (unpaired) electrons. The molecule has 1 N–H and O–H groups in total. The number of nitrogens with one attached hydrogen (secondary N) is 1. The standard InChI is InChI=1S/C20H26N4O4/c1-22(2)17-13-24(12-16(17)14-4-6-15(28-3)7-5-14)19(26)9-11-23-10-8-18(25)21-20(23)27/h4-8,10,16-17H,9,11-13H2,1-3H3,(H,21,25,27)/t16-,17+/m0/s1.